The first-order valence-electron chi connectivity index (χ1n) is 7.39. The van der Waals surface area contributed by atoms with Gasteiger partial charge in [-0.3, -0.25) is 0 Å². The number of nitriles is 1. The lowest BCUT2D eigenvalue weighted by Crippen LogP contribution is -2.29. The zero-order chi connectivity index (χ0) is 14.2. The van der Waals surface area contributed by atoms with Gasteiger partial charge in [0, 0.05) is 11.6 Å². The molecule has 102 valence electrons. The molecule has 0 aromatic heterocycles. The number of hydrogen-bond acceptors (Lipinski definition) is 2. The summed E-state index contributed by atoms with van der Waals surface area (Å²) in [7, 11) is 0. The Bertz CT molecular complexity index is 740. The molecule has 0 amide bonds. The van der Waals surface area contributed by atoms with Crippen LogP contribution in [0, 0.1) is 17.2 Å². The van der Waals surface area contributed by atoms with Crippen molar-refractivity contribution in [3.8, 4) is 6.07 Å². The summed E-state index contributed by atoms with van der Waals surface area (Å²) in [5.41, 5.74) is 4.51. The number of nitrogens with zero attached hydrogens (tertiary/aromatic N) is 1. The van der Waals surface area contributed by atoms with Crippen molar-refractivity contribution in [3.05, 3.63) is 77.4 Å². The lowest BCUT2D eigenvalue weighted by molar-refractivity contribution is 0.425. The van der Waals surface area contributed by atoms with Crippen LogP contribution in [0.15, 0.2) is 60.7 Å². The maximum atomic E-state index is 9.12. The van der Waals surface area contributed by atoms with Gasteiger partial charge >= 0.3 is 0 Å². The molecule has 0 radical (unpaired) electrons. The molecular formula is C19H16N2. The third-order valence-electron chi connectivity index (χ3n) is 4.65. The third kappa shape index (κ3) is 1.94. The van der Waals surface area contributed by atoms with Crippen LogP contribution < -0.4 is 5.32 Å². The van der Waals surface area contributed by atoms with Crippen LogP contribution in [0.5, 0.6) is 0 Å². The molecule has 2 aliphatic rings. The summed E-state index contributed by atoms with van der Waals surface area (Å²) in [6.45, 7) is 0. The van der Waals surface area contributed by atoms with E-state index >= 15 is 0 Å². The third-order valence-corrected chi connectivity index (χ3v) is 4.65. The fourth-order valence-corrected chi connectivity index (χ4v) is 3.65. The van der Waals surface area contributed by atoms with Crippen molar-refractivity contribution in [2.24, 2.45) is 5.92 Å². The molecule has 1 aliphatic heterocycles. The molecule has 1 N–H and O–H groups in total. The Kier molecular flexibility index (Phi) is 2.79. The van der Waals surface area contributed by atoms with Crippen molar-refractivity contribution in [3.63, 3.8) is 0 Å². The smallest absolute Gasteiger partial charge is 0.0991 e. The number of rotatable bonds is 1. The molecule has 2 nitrogen and oxygen atoms in total. The summed E-state index contributed by atoms with van der Waals surface area (Å²) in [6, 6.07) is 19.2. The predicted octanol–water partition coefficient (Wildman–Crippen LogP) is 4.38. The fraction of sp³-hybridized carbons (Fsp3) is 0.211. The van der Waals surface area contributed by atoms with Gasteiger partial charge in [0.1, 0.15) is 0 Å². The van der Waals surface area contributed by atoms with Crippen LogP contribution in [0.3, 0.4) is 0 Å². The number of hydrogen-bond donors (Lipinski definition) is 1. The van der Waals surface area contributed by atoms with Crippen LogP contribution in [0.2, 0.25) is 0 Å². The van der Waals surface area contributed by atoms with E-state index in [9.17, 15) is 0 Å². The van der Waals surface area contributed by atoms with Crippen molar-refractivity contribution in [1.82, 2.24) is 0 Å². The van der Waals surface area contributed by atoms with Crippen LogP contribution in [-0.4, -0.2) is 0 Å². The molecule has 2 heteroatoms. The second-order valence-electron chi connectivity index (χ2n) is 5.80. The summed E-state index contributed by atoms with van der Waals surface area (Å²) in [5.74, 6) is 0.952. The second kappa shape index (κ2) is 4.79. The molecule has 0 spiro atoms. The lowest BCUT2D eigenvalue weighted by atomic mass is 9.77. The highest BCUT2D eigenvalue weighted by atomic mass is 15.0. The molecule has 2 aromatic carbocycles. The van der Waals surface area contributed by atoms with Crippen LogP contribution >= 0.6 is 0 Å². The van der Waals surface area contributed by atoms with Gasteiger partial charge in [0.2, 0.25) is 0 Å². The quantitative estimate of drug-likeness (QED) is 0.782. The van der Waals surface area contributed by atoms with Crippen LogP contribution in [-0.2, 0) is 0 Å². The number of benzene rings is 2. The van der Waals surface area contributed by atoms with Crippen LogP contribution in [0.25, 0.3) is 0 Å². The van der Waals surface area contributed by atoms with Crippen molar-refractivity contribution >= 4 is 5.69 Å². The molecule has 0 bridgehead atoms. The summed E-state index contributed by atoms with van der Waals surface area (Å²) < 4.78 is 0. The van der Waals surface area contributed by atoms with E-state index in [1.54, 1.807) is 0 Å². The van der Waals surface area contributed by atoms with Gasteiger partial charge in [0.25, 0.3) is 0 Å². The van der Waals surface area contributed by atoms with Gasteiger partial charge in [-0.25, -0.2) is 0 Å². The summed E-state index contributed by atoms with van der Waals surface area (Å²) in [6.07, 6.45) is 5.68. The Labute approximate surface area is 124 Å². The zero-order valence-corrected chi connectivity index (χ0v) is 11.7. The Morgan fingerprint density at radius 3 is 2.76 bits per heavy atom. The molecule has 4 rings (SSSR count). The van der Waals surface area contributed by atoms with E-state index in [4.69, 9.17) is 5.26 Å². The molecule has 0 saturated carbocycles. The van der Waals surface area contributed by atoms with E-state index in [0.717, 1.165) is 17.7 Å². The van der Waals surface area contributed by atoms with Crippen LogP contribution in [0.4, 0.5) is 5.69 Å². The first-order valence-corrected chi connectivity index (χ1v) is 7.39. The van der Waals surface area contributed by atoms with Gasteiger partial charge in [-0.05, 0) is 41.7 Å². The molecule has 21 heavy (non-hydrogen) atoms. The fourth-order valence-electron chi connectivity index (χ4n) is 3.65. The first-order chi connectivity index (χ1) is 10.4. The van der Waals surface area contributed by atoms with Gasteiger partial charge in [-0.1, -0.05) is 42.5 Å². The number of allylic oxidation sites excluding steroid dienone is 2. The minimum absolute atomic E-state index is 0.339. The Morgan fingerprint density at radius 1 is 1.10 bits per heavy atom. The van der Waals surface area contributed by atoms with E-state index in [-0.39, 0.29) is 0 Å². The Morgan fingerprint density at radius 2 is 1.95 bits per heavy atom. The Balaban J connectivity index is 1.80. The van der Waals surface area contributed by atoms with Crippen molar-refractivity contribution < 1.29 is 0 Å². The summed E-state index contributed by atoms with van der Waals surface area (Å²) in [4.78, 5) is 0. The standard InChI is InChI=1S/C19H16N2/c20-12-13-9-10-18-17(11-13)15-7-4-8-16(15)19(21-18)14-5-2-1-3-6-14/h1-7,9-11,15-16,19,21H,8H2. The van der Waals surface area contributed by atoms with Crippen molar-refractivity contribution in [1.29, 1.82) is 5.26 Å². The largest absolute Gasteiger partial charge is 0.378 e. The van der Waals surface area contributed by atoms with Gasteiger partial charge in [0.15, 0.2) is 0 Å². The minimum atomic E-state index is 0.339. The SMILES string of the molecule is N#Cc1ccc2c(c1)C1C=CCC1C(c1ccccc1)N2. The molecule has 0 fully saturated rings. The molecule has 0 saturated heterocycles. The van der Waals surface area contributed by atoms with Gasteiger partial charge in [0.05, 0.1) is 17.7 Å². The Hall–Kier alpha value is -2.53. The first kappa shape index (κ1) is 12.2. The average Bonchev–Trinajstić information content (AvgIpc) is 3.04. The normalized spacial score (nSPS) is 25.6. The van der Waals surface area contributed by atoms with E-state index in [1.807, 2.05) is 18.2 Å². The molecule has 1 heterocycles. The van der Waals surface area contributed by atoms with Gasteiger partial charge in [-0.2, -0.15) is 5.26 Å². The van der Waals surface area contributed by atoms with E-state index < -0.39 is 0 Å². The predicted molar refractivity (Wildman–Crippen MR) is 84.0 cm³/mol. The topological polar surface area (TPSA) is 35.8 Å². The monoisotopic (exact) mass is 272 g/mol. The maximum absolute atomic E-state index is 9.12. The second-order valence-corrected chi connectivity index (χ2v) is 5.80. The summed E-state index contributed by atoms with van der Waals surface area (Å²) >= 11 is 0. The van der Waals surface area contributed by atoms with E-state index in [1.165, 1.54) is 11.1 Å². The molecule has 3 unspecified atom stereocenters. The van der Waals surface area contributed by atoms with Gasteiger partial charge in [-0.15, -0.1) is 0 Å². The maximum Gasteiger partial charge on any atom is 0.0991 e. The van der Waals surface area contributed by atoms with Crippen LogP contribution in [0.1, 0.15) is 35.1 Å². The number of fused-ring (bicyclic) bond motifs is 3. The molecule has 2 aromatic rings. The minimum Gasteiger partial charge on any atom is -0.378 e. The molecule has 3 atom stereocenters. The highest BCUT2D eigenvalue weighted by molar-refractivity contribution is 5.61. The van der Waals surface area contributed by atoms with Gasteiger partial charge < -0.3 is 5.32 Å². The van der Waals surface area contributed by atoms with Crippen molar-refractivity contribution in [2.75, 3.05) is 5.32 Å². The highest BCUT2D eigenvalue weighted by Crippen LogP contribution is 2.49. The lowest BCUT2D eigenvalue weighted by Gasteiger charge is -2.37. The number of anilines is 1. The number of nitrogens with one attached hydrogen (secondary N) is 1. The molecule has 1 aliphatic carbocycles. The zero-order valence-electron chi connectivity index (χ0n) is 11.7. The summed E-state index contributed by atoms with van der Waals surface area (Å²) in [5, 5.41) is 12.8. The average molecular weight is 272 g/mol. The van der Waals surface area contributed by atoms with Crippen molar-refractivity contribution in [2.45, 2.75) is 18.4 Å². The highest BCUT2D eigenvalue weighted by Gasteiger charge is 2.37. The van der Waals surface area contributed by atoms with E-state index in [0.29, 0.717) is 17.9 Å². The molecular weight excluding hydrogens is 256 g/mol. The van der Waals surface area contributed by atoms with E-state index in [2.05, 4.69) is 53.9 Å².